The molecule has 0 aliphatic heterocycles. The van der Waals surface area contributed by atoms with Crippen LogP contribution in [0.4, 0.5) is 17.1 Å². The van der Waals surface area contributed by atoms with Crippen molar-refractivity contribution in [1.82, 2.24) is 0 Å². The summed E-state index contributed by atoms with van der Waals surface area (Å²) in [5.41, 5.74) is 17.3. The molecule has 61 heavy (non-hydrogen) atoms. The molecule has 9 aromatic carbocycles. The number of fused-ring (bicyclic) bond motifs is 12. The van der Waals surface area contributed by atoms with Crippen molar-refractivity contribution >= 4 is 82.9 Å². The average molecular weight is 784 g/mol. The van der Waals surface area contributed by atoms with Crippen LogP contribution in [0, 0.1) is 0 Å². The van der Waals surface area contributed by atoms with Gasteiger partial charge in [-0.2, -0.15) is 0 Å². The van der Waals surface area contributed by atoms with Crippen molar-refractivity contribution in [3.63, 3.8) is 0 Å². The molecule has 0 unspecified atom stereocenters. The molecule has 13 rings (SSSR count). The molecule has 1 aliphatic rings. The van der Waals surface area contributed by atoms with Gasteiger partial charge in [-0.05, 0) is 81.9 Å². The minimum atomic E-state index is -0.168. The van der Waals surface area contributed by atoms with Crippen molar-refractivity contribution in [1.29, 1.82) is 0 Å². The molecule has 0 saturated carbocycles. The molecule has 4 heteroatoms. The van der Waals surface area contributed by atoms with Gasteiger partial charge in [-0.1, -0.05) is 153 Å². The number of anilines is 3. The van der Waals surface area contributed by atoms with Crippen molar-refractivity contribution in [2.45, 2.75) is 19.3 Å². The Morgan fingerprint density at radius 1 is 0.361 bits per heavy atom. The van der Waals surface area contributed by atoms with E-state index in [1.807, 2.05) is 18.2 Å². The summed E-state index contributed by atoms with van der Waals surface area (Å²) in [6.07, 6.45) is 0. The first kappa shape index (κ1) is 34.1. The zero-order valence-corrected chi connectivity index (χ0v) is 33.6. The van der Waals surface area contributed by atoms with Crippen LogP contribution in [-0.4, -0.2) is 0 Å². The number of benzene rings is 9. The molecule has 0 radical (unpaired) electrons. The predicted octanol–water partition coefficient (Wildman–Crippen LogP) is 16.5. The van der Waals surface area contributed by atoms with Crippen LogP contribution in [-0.2, 0) is 5.41 Å². The van der Waals surface area contributed by atoms with E-state index in [0.717, 1.165) is 105 Å². The number of furan rings is 3. The standard InChI is InChI=1S/C57H37NO3/c1-57(2)43-23-10-6-19-37(43)38-31-30-35(32-44(38)57)52-54-41-21-9-13-28-49(41)59-51(54)33-42-53-46(25-15-29-50(53)61-56(42)52)58(45-24-11-7-18-36(45)34-16-4-3-5-17-34)47-26-14-22-40-39-20-8-12-27-48(39)60-55(40)47/h3-33H,1-2H3. The first-order valence-electron chi connectivity index (χ1n) is 20.9. The molecule has 1 aliphatic carbocycles. The van der Waals surface area contributed by atoms with Crippen LogP contribution >= 0.6 is 0 Å². The SMILES string of the molecule is CC1(C)c2ccccc2-c2ccc(-c3c4oc5cccc(N(c6ccccc6-c6ccccc6)c6cccc7c6oc6ccccc67)c5c4cc4oc5ccccc5c34)cc21. The van der Waals surface area contributed by atoms with Crippen molar-refractivity contribution < 1.29 is 13.3 Å². The molecule has 0 atom stereocenters. The average Bonchev–Trinajstić information content (AvgIpc) is 4.05. The molecule has 0 amide bonds. The summed E-state index contributed by atoms with van der Waals surface area (Å²) in [5.74, 6) is 0. The molecule has 0 N–H and O–H groups in total. The zero-order chi connectivity index (χ0) is 40.4. The van der Waals surface area contributed by atoms with Crippen LogP contribution < -0.4 is 4.90 Å². The lowest BCUT2D eigenvalue weighted by atomic mass is 9.81. The molecule has 0 saturated heterocycles. The summed E-state index contributed by atoms with van der Waals surface area (Å²) in [4.78, 5) is 2.36. The maximum absolute atomic E-state index is 7.22. The minimum absolute atomic E-state index is 0.168. The normalized spacial score (nSPS) is 13.2. The molecule has 12 aromatic rings. The van der Waals surface area contributed by atoms with Crippen LogP contribution in [0.25, 0.3) is 99.2 Å². The highest BCUT2D eigenvalue weighted by Crippen LogP contribution is 2.54. The number of nitrogens with zero attached hydrogens (tertiary/aromatic N) is 1. The van der Waals surface area contributed by atoms with Crippen LogP contribution in [0.5, 0.6) is 0 Å². The van der Waals surface area contributed by atoms with E-state index in [2.05, 4.69) is 189 Å². The van der Waals surface area contributed by atoms with Gasteiger partial charge in [0.05, 0.1) is 22.4 Å². The highest BCUT2D eigenvalue weighted by molar-refractivity contribution is 6.26. The molecule has 4 nitrogen and oxygen atoms in total. The van der Waals surface area contributed by atoms with E-state index in [4.69, 9.17) is 13.3 Å². The van der Waals surface area contributed by atoms with E-state index in [0.29, 0.717) is 0 Å². The Hall–Kier alpha value is -7.82. The van der Waals surface area contributed by atoms with Crippen molar-refractivity contribution in [2.75, 3.05) is 4.90 Å². The van der Waals surface area contributed by atoms with Gasteiger partial charge >= 0.3 is 0 Å². The second-order valence-corrected chi connectivity index (χ2v) is 16.8. The summed E-state index contributed by atoms with van der Waals surface area (Å²) in [5, 5.41) is 6.23. The molecule has 3 heterocycles. The topological polar surface area (TPSA) is 42.7 Å². The minimum Gasteiger partial charge on any atom is -0.456 e. The zero-order valence-electron chi connectivity index (χ0n) is 33.6. The Kier molecular flexibility index (Phi) is 7.04. The van der Waals surface area contributed by atoms with E-state index >= 15 is 0 Å². The third-order valence-electron chi connectivity index (χ3n) is 13.1. The lowest BCUT2D eigenvalue weighted by Crippen LogP contribution is -2.14. The van der Waals surface area contributed by atoms with E-state index in [9.17, 15) is 0 Å². The van der Waals surface area contributed by atoms with Crippen molar-refractivity contribution in [3.8, 4) is 33.4 Å². The maximum Gasteiger partial charge on any atom is 0.159 e. The van der Waals surface area contributed by atoms with Gasteiger partial charge in [0.15, 0.2) is 5.58 Å². The molecular weight excluding hydrogens is 747 g/mol. The number of para-hydroxylation sites is 4. The van der Waals surface area contributed by atoms with E-state index in [1.165, 1.54) is 22.3 Å². The Labute approximate surface area is 351 Å². The van der Waals surface area contributed by atoms with Gasteiger partial charge in [-0.25, -0.2) is 0 Å². The van der Waals surface area contributed by atoms with Crippen LogP contribution in [0.2, 0.25) is 0 Å². The lowest BCUT2D eigenvalue weighted by molar-refractivity contribution is 0.660. The van der Waals surface area contributed by atoms with E-state index in [1.54, 1.807) is 0 Å². The summed E-state index contributed by atoms with van der Waals surface area (Å²) < 4.78 is 20.8. The first-order chi connectivity index (χ1) is 30.0. The lowest BCUT2D eigenvalue weighted by Gasteiger charge is -2.28. The van der Waals surface area contributed by atoms with Gasteiger partial charge in [-0.3, -0.25) is 0 Å². The molecule has 0 spiro atoms. The second kappa shape index (κ2) is 12.6. The molecule has 288 valence electrons. The van der Waals surface area contributed by atoms with Gasteiger partial charge in [0.25, 0.3) is 0 Å². The van der Waals surface area contributed by atoms with Gasteiger partial charge in [0.1, 0.15) is 27.9 Å². The molecular formula is C57H37NO3. The summed E-state index contributed by atoms with van der Waals surface area (Å²) >= 11 is 0. The smallest absolute Gasteiger partial charge is 0.159 e. The quantitative estimate of drug-likeness (QED) is 0.174. The number of hydrogen-bond acceptors (Lipinski definition) is 4. The van der Waals surface area contributed by atoms with Crippen LogP contribution in [0.1, 0.15) is 25.0 Å². The Balaban J connectivity index is 1.14. The van der Waals surface area contributed by atoms with Gasteiger partial charge in [-0.15, -0.1) is 0 Å². The van der Waals surface area contributed by atoms with Crippen LogP contribution in [0.15, 0.2) is 201 Å². The van der Waals surface area contributed by atoms with Crippen LogP contribution in [0.3, 0.4) is 0 Å². The highest BCUT2D eigenvalue weighted by atomic mass is 16.3. The van der Waals surface area contributed by atoms with Gasteiger partial charge in [0, 0.05) is 43.5 Å². The van der Waals surface area contributed by atoms with Crippen molar-refractivity contribution in [2.24, 2.45) is 0 Å². The molecule has 3 aromatic heterocycles. The Bertz CT molecular complexity index is 3750. The third-order valence-corrected chi connectivity index (χ3v) is 13.1. The number of hydrogen-bond donors (Lipinski definition) is 0. The van der Waals surface area contributed by atoms with E-state index < -0.39 is 0 Å². The van der Waals surface area contributed by atoms with Gasteiger partial charge < -0.3 is 18.2 Å². The second-order valence-electron chi connectivity index (χ2n) is 16.8. The summed E-state index contributed by atoms with van der Waals surface area (Å²) in [6, 6.07) is 66.7. The predicted molar refractivity (Wildman–Crippen MR) is 251 cm³/mol. The first-order valence-corrected chi connectivity index (χ1v) is 20.9. The fourth-order valence-electron chi connectivity index (χ4n) is 10.3. The summed E-state index contributed by atoms with van der Waals surface area (Å²) in [6.45, 7) is 4.67. The largest absolute Gasteiger partial charge is 0.456 e. The monoisotopic (exact) mass is 783 g/mol. The number of rotatable bonds is 5. The summed E-state index contributed by atoms with van der Waals surface area (Å²) in [7, 11) is 0. The van der Waals surface area contributed by atoms with Gasteiger partial charge in [0.2, 0.25) is 0 Å². The van der Waals surface area contributed by atoms with E-state index in [-0.39, 0.29) is 5.41 Å². The maximum atomic E-state index is 7.22. The Morgan fingerprint density at radius 3 is 1.85 bits per heavy atom. The fraction of sp³-hybridized carbons (Fsp3) is 0.0526. The molecule has 0 fully saturated rings. The third kappa shape index (κ3) is 4.82. The fourth-order valence-corrected chi connectivity index (χ4v) is 10.3. The van der Waals surface area contributed by atoms with Crippen molar-refractivity contribution in [3.05, 3.63) is 199 Å². The highest BCUT2D eigenvalue weighted by Gasteiger charge is 2.36. The molecule has 0 bridgehead atoms. The Morgan fingerprint density at radius 2 is 0.984 bits per heavy atom.